The third-order valence-corrected chi connectivity index (χ3v) is 6.77. The van der Waals surface area contributed by atoms with Gasteiger partial charge in [-0.3, -0.25) is 4.79 Å². The highest BCUT2D eigenvalue weighted by atomic mass is 32.2. The molecule has 0 radical (unpaired) electrons. The predicted molar refractivity (Wildman–Crippen MR) is 99.7 cm³/mol. The molecule has 25 heavy (non-hydrogen) atoms. The van der Waals surface area contributed by atoms with E-state index in [0.29, 0.717) is 19.4 Å². The molecule has 7 heteroatoms. The van der Waals surface area contributed by atoms with Gasteiger partial charge in [0.25, 0.3) is 0 Å². The molecule has 1 aromatic rings. The minimum Gasteiger partial charge on any atom is -0.368 e. The minimum atomic E-state index is -2.87. The fraction of sp³-hybridized carbons (Fsp3) is 0.611. The first kappa shape index (κ1) is 18.2. The van der Waals surface area contributed by atoms with Crippen molar-refractivity contribution in [2.45, 2.75) is 25.8 Å². The first-order valence-corrected chi connectivity index (χ1v) is 10.8. The molecule has 2 aliphatic heterocycles. The second-order valence-electron chi connectivity index (χ2n) is 7.01. The van der Waals surface area contributed by atoms with Crippen molar-refractivity contribution in [3.8, 4) is 0 Å². The first-order chi connectivity index (χ1) is 11.9. The van der Waals surface area contributed by atoms with Crippen LogP contribution in [0.2, 0.25) is 0 Å². The summed E-state index contributed by atoms with van der Waals surface area (Å²) in [6, 6.07) is 8.46. The molecule has 138 valence electrons. The van der Waals surface area contributed by atoms with Crippen LogP contribution < -0.4 is 10.2 Å². The van der Waals surface area contributed by atoms with Gasteiger partial charge in [-0.2, -0.15) is 0 Å². The predicted octanol–water partition coefficient (Wildman–Crippen LogP) is 0.810. The highest BCUT2D eigenvalue weighted by molar-refractivity contribution is 7.91. The van der Waals surface area contributed by atoms with Gasteiger partial charge < -0.3 is 15.1 Å². The van der Waals surface area contributed by atoms with Crippen molar-refractivity contribution in [1.82, 2.24) is 10.2 Å². The topological polar surface area (TPSA) is 69.7 Å². The second-order valence-corrected chi connectivity index (χ2v) is 9.24. The van der Waals surface area contributed by atoms with Gasteiger partial charge >= 0.3 is 0 Å². The maximum atomic E-state index is 12.3. The Balaban J connectivity index is 1.40. The summed E-state index contributed by atoms with van der Waals surface area (Å²) in [5, 5.41) is 3.21. The Morgan fingerprint density at radius 2 is 2.00 bits per heavy atom. The van der Waals surface area contributed by atoms with E-state index < -0.39 is 9.84 Å². The second kappa shape index (κ2) is 7.74. The van der Waals surface area contributed by atoms with Gasteiger partial charge in [0.15, 0.2) is 9.84 Å². The van der Waals surface area contributed by atoms with E-state index in [9.17, 15) is 13.2 Å². The van der Waals surface area contributed by atoms with Gasteiger partial charge in [-0.25, -0.2) is 8.42 Å². The smallest absolute Gasteiger partial charge is 0.223 e. The molecule has 1 atom stereocenters. The Kier molecular flexibility index (Phi) is 5.64. The SMILES string of the molecule is Cc1cccc(N2CCN(C(=O)CCNC3CCS(=O)(=O)C3)CC2)c1. The maximum Gasteiger partial charge on any atom is 0.223 e. The fourth-order valence-electron chi connectivity index (χ4n) is 3.54. The molecule has 0 aliphatic carbocycles. The molecular weight excluding hydrogens is 338 g/mol. The van der Waals surface area contributed by atoms with E-state index in [2.05, 4.69) is 41.4 Å². The van der Waals surface area contributed by atoms with Crippen molar-refractivity contribution in [1.29, 1.82) is 0 Å². The average molecular weight is 365 g/mol. The highest BCUT2D eigenvalue weighted by Gasteiger charge is 2.27. The maximum absolute atomic E-state index is 12.3. The quantitative estimate of drug-likeness (QED) is 0.836. The average Bonchev–Trinajstić information content (AvgIpc) is 2.94. The van der Waals surface area contributed by atoms with Gasteiger partial charge in [-0.15, -0.1) is 0 Å². The number of carbonyl (C=O) groups excluding carboxylic acids is 1. The van der Waals surface area contributed by atoms with Gasteiger partial charge in [-0.1, -0.05) is 12.1 Å². The van der Waals surface area contributed by atoms with Crippen molar-refractivity contribution >= 4 is 21.4 Å². The molecule has 3 rings (SSSR count). The van der Waals surface area contributed by atoms with Crippen molar-refractivity contribution < 1.29 is 13.2 Å². The van der Waals surface area contributed by atoms with Gasteiger partial charge in [0.1, 0.15) is 0 Å². The number of carbonyl (C=O) groups is 1. The van der Waals surface area contributed by atoms with Crippen molar-refractivity contribution in [3.63, 3.8) is 0 Å². The van der Waals surface area contributed by atoms with Gasteiger partial charge in [0, 0.05) is 50.9 Å². The monoisotopic (exact) mass is 365 g/mol. The number of nitrogens with one attached hydrogen (secondary N) is 1. The number of piperazine rings is 1. The Labute approximate surface area is 150 Å². The van der Waals surface area contributed by atoms with Gasteiger partial charge in [0.2, 0.25) is 5.91 Å². The number of benzene rings is 1. The lowest BCUT2D eigenvalue weighted by Gasteiger charge is -2.36. The molecule has 2 saturated heterocycles. The molecule has 1 unspecified atom stereocenters. The molecular formula is C18H27N3O3S. The lowest BCUT2D eigenvalue weighted by Crippen LogP contribution is -2.49. The third-order valence-electron chi connectivity index (χ3n) is 5.00. The third kappa shape index (κ3) is 4.95. The number of nitrogens with zero attached hydrogens (tertiary/aromatic N) is 2. The van der Waals surface area contributed by atoms with Gasteiger partial charge in [0.05, 0.1) is 11.5 Å². The van der Waals surface area contributed by atoms with E-state index in [4.69, 9.17) is 0 Å². The highest BCUT2D eigenvalue weighted by Crippen LogP contribution is 2.18. The number of hydrogen-bond acceptors (Lipinski definition) is 5. The van der Waals surface area contributed by atoms with Crippen molar-refractivity contribution in [3.05, 3.63) is 29.8 Å². The number of aryl methyl sites for hydroxylation is 1. The molecule has 2 heterocycles. The molecule has 0 spiro atoms. The van der Waals surface area contributed by atoms with Crippen LogP contribution in [0.25, 0.3) is 0 Å². The summed E-state index contributed by atoms with van der Waals surface area (Å²) in [5.41, 5.74) is 2.47. The number of hydrogen-bond donors (Lipinski definition) is 1. The van der Waals surface area contributed by atoms with Crippen LogP contribution in [0.5, 0.6) is 0 Å². The molecule has 0 saturated carbocycles. The number of rotatable bonds is 5. The van der Waals surface area contributed by atoms with E-state index in [1.807, 2.05) is 4.90 Å². The van der Waals surface area contributed by atoms with E-state index >= 15 is 0 Å². The summed E-state index contributed by atoms with van der Waals surface area (Å²) in [6.45, 7) is 5.82. The molecule has 6 nitrogen and oxygen atoms in total. The van der Waals surface area contributed by atoms with Crippen LogP contribution in [-0.2, 0) is 14.6 Å². The lowest BCUT2D eigenvalue weighted by atomic mass is 10.2. The van der Waals surface area contributed by atoms with E-state index in [0.717, 1.165) is 26.2 Å². The molecule has 0 aromatic heterocycles. The van der Waals surface area contributed by atoms with Crippen LogP contribution in [0, 0.1) is 6.92 Å². The Morgan fingerprint density at radius 1 is 1.24 bits per heavy atom. The van der Waals surface area contributed by atoms with Crippen LogP contribution in [0.4, 0.5) is 5.69 Å². The zero-order valence-electron chi connectivity index (χ0n) is 14.8. The Bertz CT molecular complexity index is 712. The van der Waals surface area contributed by atoms with Crippen molar-refractivity contribution in [2.24, 2.45) is 0 Å². The molecule has 1 amide bonds. The fourth-order valence-corrected chi connectivity index (χ4v) is 5.24. The zero-order chi connectivity index (χ0) is 17.9. The summed E-state index contributed by atoms with van der Waals surface area (Å²) in [6.07, 6.45) is 1.09. The molecule has 0 bridgehead atoms. The van der Waals surface area contributed by atoms with E-state index in [-0.39, 0.29) is 23.5 Å². The molecule has 2 fully saturated rings. The van der Waals surface area contributed by atoms with Crippen LogP contribution in [-0.4, -0.2) is 69.5 Å². The minimum absolute atomic E-state index is 0.0102. The van der Waals surface area contributed by atoms with E-state index in [1.54, 1.807) is 0 Å². The first-order valence-electron chi connectivity index (χ1n) is 8.96. The lowest BCUT2D eigenvalue weighted by molar-refractivity contribution is -0.131. The van der Waals surface area contributed by atoms with Crippen molar-refractivity contribution in [2.75, 3.05) is 49.1 Å². The number of amides is 1. The number of anilines is 1. The number of sulfone groups is 1. The molecule has 2 aliphatic rings. The van der Waals surface area contributed by atoms with E-state index in [1.165, 1.54) is 11.3 Å². The summed E-state index contributed by atoms with van der Waals surface area (Å²) < 4.78 is 22.9. The standard InChI is InChI=1S/C18H27N3O3S/c1-15-3-2-4-17(13-15)20-8-10-21(11-9-20)18(22)5-7-19-16-6-12-25(23,24)14-16/h2-4,13,16,19H,5-12,14H2,1H3. The zero-order valence-corrected chi connectivity index (χ0v) is 15.6. The molecule has 1 N–H and O–H groups in total. The summed E-state index contributed by atoms with van der Waals surface area (Å²) >= 11 is 0. The largest absolute Gasteiger partial charge is 0.368 e. The van der Waals surface area contributed by atoms with Crippen LogP contribution in [0.15, 0.2) is 24.3 Å². The van der Waals surface area contributed by atoms with Crippen LogP contribution in [0.3, 0.4) is 0 Å². The Hall–Kier alpha value is -1.60. The summed E-state index contributed by atoms with van der Waals surface area (Å²) in [5.74, 6) is 0.618. The summed E-state index contributed by atoms with van der Waals surface area (Å²) in [4.78, 5) is 16.6. The Morgan fingerprint density at radius 3 is 2.64 bits per heavy atom. The normalized spacial score (nSPS) is 23.0. The van der Waals surface area contributed by atoms with Crippen LogP contribution >= 0.6 is 0 Å². The summed E-state index contributed by atoms with van der Waals surface area (Å²) in [7, 11) is -2.87. The molecule has 1 aromatic carbocycles. The van der Waals surface area contributed by atoms with Crippen LogP contribution in [0.1, 0.15) is 18.4 Å². The van der Waals surface area contributed by atoms with Gasteiger partial charge in [-0.05, 0) is 31.0 Å².